The number of pyridine rings is 1. The van der Waals surface area contributed by atoms with Crippen LogP contribution < -0.4 is 0 Å². The first kappa shape index (κ1) is 15.6. The maximum absolute atomic E-state index is 13.2. The van der Waals surface area contributed by atoms with Gasteiger partial charge in [0.05, 0.1) is 12.5 Å². The van der Waals surface area contributed by atoms with E-state index in [0.717, 1.165) is 18.4 Å². The number of hydrogen-bond donors (Lipinski definition) is 1. The Balaban J connectivity index is 1.67. The molecule has 0 bridgehead atoms. The number of carbonyl (C=O) groups excluding carboxylic acids is 1. The molecule has 1 fully saturated rings. The van der Waals surface area contributed by atoms with Crippen molar-refractivity contribution < 1.29 is 14.3 Å². The molecule has 3 rings (SSSR count). The quantitative estimate of drug-likeness (QED) is 0.892. The smallest absolute Gasteiger partial charge is 0.226 e. The summed E-state index contributed by atoms with van der Waals surface area (Å²) in [6.45, 7) is 0.516. The summed E-state index contributed by atoms with van der Waals surface area (Å²) >= 11 is 0. The molecule has 1 aliphatic rings. The van der Waals surface area contributed by atoms with E-state index in [-0.39, 0.29) is 18.4 Å². The lowest BCUT2D eigenvalue weighted by atomic mass is 10.1. The molecule has 2 aromatic rings. The number of benzene rings is 1. The summed E-state index contributed by atoms with van der Waals surface area (Å²) in [6, 6.07) is 9.76. The Morgan fingerprint density at radius 3 is 2.70 bits per heavy atom. The van der Waals surface area contributed by atoms with Crippen LogP contribution in [0.2, 0.25) is 0 Å². The number of carbonyl (C=O) groups is 1. The highest BCUT2D eigenvalue weighted by Crippen LogP contribution is 2.30. The van der Waals surface area contributed by atoms with Crippen molar-refractivity contribution in [3.8, 4) is 0 Å². The molecular weight excluding hydrogens is 295 g/mol. The molecule has 4 nitrogen and oxygen atoms in total. The number of rotatable bonds is 6. The predicted octanol–water partition coefficient (Wildman–Crippen LogP) is 2.84. The largest absolute Gasteiger partial charge is 0.388 e. The van der Waals surface area contributed by atoms with Crippen LogP contribution in [0.3, 0.4) is 0 Å². The van der Waals surface area contributed by atoms with Gasteiger partial charge in [-0.2, -0.15) is 0 Å². The molecule has 1 aliphatic carbocycles. The standard InChI is InChI=1S/C18H19FN2O2/c19-15-3-1-2-14(10-15)17(22)11-18(23)21(16-4-5-16)12-13-6-8-20-9-7-13/h1-3,6-10,16-17,22H,4-5,11-12H2. The topological polar surface area (TPSA) is 53.4 Å². The van der Waals surface area contributed by atoms with E-state index in [2.05, 4.69) is 4.98 Å². The van der Waals surface area contributed by atoms with E-state index in [4.69, 9.17) is 0 Å². The molecule has 120 valence electrons. The van der Waals surface area contributed by atoms with Gasteiger partial charge < -0.3 is 10.0 Å². The molecule has 1 atom stereocenters. The lowest BCUT2D eigenvalue weighted by Gasteiger charge is -2.24. The lowest BCUT2D eigenvalue weighted by Crippen LogP contribution is -2.33. The molecule has 0 radical (unpaired) electrons. The summed E-state index contributed by atoms with van der Waals surface area (Å²) in [4.78, 5) is 18.3. The molecule has 1 amide bonds. The van der Waals surface area contributed by atoms with Gasteiger partial charge in [-0.05, 0) is 48.2 Å². The van der Waals surface area contributed by atoms with Gasteiger partial charge in [0.1, 0.15) is 5.82 Å². The molecule has 1 saturated carbocycles. The first-order valence-electron chi connectivity index (χ1n) is 7.75. The van der Waals surface area contributed by atoms with Gasteiger partial charge in [0, 0.05) is 25.0 Å². The zero-order valence-corrected chi connectivity index (χ0v) is 12.7. The number of aromatic nitrogens is 1. The van der Waals surface area contributed by atoms with Crippen LogP contribution in [0, 0.1) is 5.82 Å². The zero-order valence-electron chi connectivity index (χ0n) is 12.7. The van der Waals surface area contributed by atoms with Crippen molar-refractivity contribution in [1.29, 1.82) is 0 Å². The molecule has 0 aliphatic heterocycles. The van der Waals surface area contributed by atoms with E-state index in [1.807, 2.05) is 12.1 Å². The predicted molar refractivity (Wildman–Crippen MR) is 83.8 cm³/mol. The third-order valence-electron chi connectivity index (χ3n) is 4.01. The van der Waals surface area contributed by atoms with Gasteiger partial charge in [-0.15, -0.1) is 0 Å². The first-order chi connectivity index (χ1) is 11.1. The fraction of sp³-hybridized carbons (Fsp3) is 0.333. The van der Waals surface area contributed by atoms with Crippen LogP contribution in [0.1, 0.15) is 36.5 Å². The van der Waals surface area contributed by atoms with Crippen molar-refractivity contribution in [3.63, 3.8) is 0 Å². The Morgan fingerprint density at radius 2 is 2.04 bits per heavy atom. The van der Waals surface area contributed by atoms with Crippen LogP contribution >= 0.6 is 0 Å². The van der Waals surface area contributed by atoms with Crippen LogP contribution in [0.15, 0.2) is 48.8 Å². The molecule has 0 spiro atoms. The van der Waals surface area contributed by atoms with E-state index < -0.39 is 11.9 Å². The summed E-state index contributed by atoms with van der Waals surface area (Å²) in [5.41, 5.74) is 1.44. The molecule has 1 heterocycles. The number of amides is 1. The molecular formula is C18H19FN2O2. The summed E-state index contributed by atoms with van der Waals surface area (Å²) in [6.07, 6.45) is 4.36. The van der Waals surface area contributed by atoms with Crippen molar-refractivity contribution in [2.45, 2.75) is 38.0 Å². The third-order valence-corrected chi connectivity index (χ3v) is 4.01. The highest BCUT2D eigenvalue weighted by molar-refractivity contribution is 5.77. The fourth-order valence-corrected chi connectivity index (χ4v) is 2.61. The van der Waals surface area contributed by atoms with Crippen LogP contribution in [-0.4, -0.2) is 26.9 Å². The average Bonchev–Trinajstić information content (AvgIpc) is 3.38. The van der Waals surface area contributed by atoms with E-state index in [1.165, 1.54) is 18.2 Å². The van der Waals surface area contributed by atoms with E-state index in [1.54, 1.807) is 23.4 Å². The highest BCUT2D eigenvalue weighted by atomic mass is 19.1. The van der Waals surface area contributed by atoms with Crippen molar-refractivity contribution in [2.24, 2.45) is 0 Å². The second-order valence-corrected chi connectivity index (χ2v) is 5.88. The molecule has 1 aromatic carbocycles. The normalized spacial score (nSPS) is 15.2. The maximum Gasteiger partial charge on any atom is 0.226 e. The van der Waals surface area contributed by atoms with E-state index in [9.17, 15) is 14.3 Å². The van der Waals surface area contributed by atoms with Gasteiger partial charge in [-0.1, -0.05) is 12.1 Å². The number of aliphatic hydroxyl groups is 1. The Hall–Kier alpha value is -2.27. The van der Waals surface area contributed by atoms with Crippen LogP contribution in [0.4, 0.5) is 4.39 Å². The van der Waals surface area contributed by atoms with Crippen molar-refractivity contribution in [1.82, 2.24) is 9.88 Å². The summed E-state index contributed by atoms with van der Waals surface area (Å²) in [7, 11) is 0. The molecule has 0 saturated heterocycles. The van der Waals surface area contributed by atoms with Gasteiger partial charge in [0.2, 0.25) is 5.91 Å². The molecule has 1 aromatic heterocycles. The van der Waals surface area contributed by atoms with Crippen LogP contribution in [0.5, 0.6) is 0 Å². The fourth-order valence-electron chi connectivity index (χ4n) is 2.61. The Morgan fingerprint density at radius 1 is 1.30 bits per heavy atom. The monoisotopic (exact) mass is 314 g/mol. The van der Waals surface area contributed by atoms with E-state index >= 15 is 0 Å². The third kappa shape index (κ3) is 4.13. The van der Waals surface area contributed by atoms with Crippen molar-refractivity contribution in [2.75, 3.05) is 0 Å². The molecule has 1 N–H and O–H groups in total. The Bertz CT molecular complexity index is 674. The molecule has 5 heteroatoms. The second kappa shape index (κ2) is 6.87. The number of aliphatic hydroxyl groups excluding tert-OH is 1. The minimum Gasteiger partial charge on any atom is -0.388 e. The number of halogens is 1. The van der Waals surface area contributed by atoms with E-state index in [0.29, 0.717) is 12.1 Å². The van der Waals surface area contributed by atoms with Gasteiger partial charge in [0.25, 0.3) is 0 Å². The lowest BCUT2D eigenvalue weighted by molar-refractivity contribution is -0.134. The first-order valence-corrected chi connectivity index (χ1v) is 7.75. The SMILES string of the molecule is O=C(CC(O)c1cccc(F)c1)N(Cc1ccncc1)C1CC1. The van der Waals surface area contributed by atoms with Crippen LogP contribution in [0.25, 0.3) is 0 Å². The molecule has 23 heavy (non-hydrogen) atoms. The van der Waals surface area contributed by atoms with Crippen LogP contribution in [-0.2, 0) is 11.3 Å². The average molecular weight is 314 g/mol. The van der Waals surface area contributed by atoms with Gasteiger partial charge in [-0.25, -0.2) is 4.39 Å². The Kier molecular flexibility index (Phi) is 4.67. The summed E-state index contributed by atoms with van der Waals surface area (Å²) in [5, 5.41) is 10.2. The molecule has 1 unspecified atom stereocenters. The minimum absolute atomic E-state index is 0.0367. The van der Waals surface area contributed by atoms with Crippen molar-refractivity contribution >= 4 is 5.91 Å². The van der Waals surface area contributed by atoms with Gasteiger partial charge in [-0.3, -0.25) is 9.78 Å². The highest BCUT2D eigenvalue weighted by Gasteiger charge is 2.33. The minimum atomic E-state index is -0.989. The Labute approximate surface area is 134 Å². The summed E-state index contributed by atoms with van der Waals surface area (Å²) < 4.78 is 13.2. The second-order valence-electron chi connectivity index (χ2n) is 5.88. The zero-order chi connectivity index (χ0) is 16.2. The number of nitrogens with zero attached hydrogens (tertiary/aromatic N) is 2. The van der Waals surface area contributed by atoms with Gasteiger partial charge >= 0.3 is 0 Å². The number of hydrogen-bond acceptors (Lipinski definition) is 3. The van der Waals surface area contributed by atoms with Gasteiger partial charge in [0.15, 0.2) is 0 Å². The summed E-state index contributed by atoms with van der Waals surface area (Å²) in [5.74, 6) is -0.522. The maximum atomic E-state index is 13.2. The van der Waals surface area contributed by atoms with Crippen molar-refractivity contribution in [3.05, 3.63) is 65.7 Å².